The van der Waals surface area contributed by atoms with Gasteiger partial charge in [-0.25, -0.2) is 9.78 Å². The predicted molar refractivity (Wildman–Crippen MR) is 133 cm³/mol. The maximum Gasteiger partial charge on any atom is 0.416 e. The Balaban J connectivity index is 1.68. The van der Waals surface area contributed by atoms with Crippen molar-refractivity contribution in [2.24, 2.45) is 0 Å². The molecule has 1 saturated heterocycles. The highest BCUT2D eigenvalue weighted by atomic mass is 16.6. The number of nitrogens with zero attached hydrogens (tertiary/aromatic N) is 3. The number of carbonyl (C=O) groups excluding carboxylic acids is 1. The Bertz CT molecular complexity index is 903. The first-order chi connectivity index (χ1) is 15.9. The summed E-state index contributed by atoms with van der Waals surface area (Å²) >= 11 is 0. The van der Waals surface area contributed by atoms with E-state index in [2.05, 4.69) is 41.3 Å². The van der Waals surface area contributed by atoms with E-state index in [9.17, 15) is 4.79 Å². The number of rotatable bonds is 5. The maximum absolute atomic E-state index is 13.5. The third kappa shape index (κ3) is 6.14. The van der Waals surface area contributed by atoms with Gasteiger partial charge in [0.25, 0.3) is 0 Å². The van der Waals surface area contributed by atoms with Gasteiger partial charge in [0.1, 0.15) is 11.4 Å². The van der Waals surface area contributed by atoms with Gasteiger partial charge in [-0.2, -0.15) is 0 Å². The number of likely N-dealkylation sites (tertiary alicyclic amines) is 1. The first kappa shape index (κ1) is 23.7. The van der Waals surface area contributed by atoms with E-state index in [1.807, 2.05) is 37.9 Å². The Labute approximate surface area is 199 Å². The molecule has 0 bridgehead atoms. The SMILES string of the molecule is CC(C)(C)OC(=O)N(c1ncccc1[C@H]1CCCCN1Cc1ccccc1)C1CCCCC1. The monoisotopic (exact) mass is 449 g/mol. The third-order valence-electron chi connectivity index (χ3n) is 6.78. The zero-order valence-corrected chi connectivity index (χ0v) is 20.5. The van der Waals surface area contributed by atoms with Gasteiger partial charge in [-0.1, -0.05) is 62.1 Å². The summed E-state index contributed by atoms with van der Waals surface area (Å²) in [6.45, 7) is 7.78. The van der Waals surface area contributed by atoms with Gasteiger partial charge < -0.3 is 4.74 Å². The Morgan fingerprint density at radius 2 is 1.73 bits per heavy atom. The van der Waals surface area contributed by atoms with Crippen LogP contribution in [-0.4, -0.2) is 34.2 Å². The molecule has 33 heavy (non-hydrogen) atoms. The van der Waals surface area contributed by atoms with E-state index in [0.717, 1.165) is 56.6 Å². The summed E-state index contributed by atoms with van der Waals surface area (Å²) in [4.78, 5) is 22.8. The van der Waals surface area contributed by atoms with Gasteiger partial charge in [-0.3, -0.25) is 9.80 Å². The van der Waals surface area contributed by atoms with E-state index in [0.29, 0.717) is 0 Å². The Morgan fingerprint density at radius 1 is 1.00 bits per heavy atom. The van der Waals surface area contributed by atoms with Crippen LogP contribution in [0.1, 0.15) is 89.3 Å². The second-order valence-corrected chi connectivity index (χ2v) is 10.5. The highest BCUT2D eigenvalue weighted by Crippen LogP contribution is 2.38. The van der Waals surface area contributed by atoms with E-state index in [4.69, 9.17) is 9.72 Å². The molecule has 1 saturated carbocycles. The molecule has 2 aliphatic rings. The summed E-state index contributed by atoms with van der Waals surface area (Å²) in [6.07, 6.45) is 10.6. The van der Waals surface area contributed by atoms with Gasteiger partial charge in [0, 0.05) is 30.4 Å². The molecule has 2 fully saturated rings. The van der Waals surface area contributed by atoms with Crippen LogP contribution < -0.4 is 4.90 Å². The largest absolute Gasteiger partial charge is 0.443 e. The highest BCUT2D eigenvalue weighted by Gasteiger charge is 2.35. The van der Waals surface area contributed by atoms with Crippen LogP contribution in [0.15, 0.2) is 48.7 Å². The first-order valence-electron chi connectivity index (χ1n) is 12.7. The molecule has 2 heterocycles. The van der Waals surface area contributed by atoms with Crippen LogP contribution in [0.4, 0.5) is 10.6 Å². The number of aromatic nitrogens is 1. The van der Waals surface area contributed by atoms with E-state index in [1.165, 1.54) is 24.8 Å². The smallest absolute Gasteiger partial charge is 0.416 e. The van der Waals surface area contributed by atoms with Crippen LogP contribution in [0, 0.1) is 0 Å². The molecule has 1 aromatic carbocycles. The van der Waals surface area contributed by atoms with Gasteiger partial charge in [0.15, 0.2) is 0 Å². The van der Waals surface area contributed by atoms with Crippen molar-refractivity contribution in [3.05, 3.63) is 59.8 Å². The topological polar surface area (TPSA) is 45.7 Å². The molecule has 1 aliphatic heterocycles. The Kier molecular flexibility index (Phi) is 7.69. The Hall–Kier alpha value is -2.40. The molecule has 0 spiro atoms. The van der Waals surface area contributed by atoms with Gasteiger partial charge in [0.2, 0.25) is 0 Å². The molecular formula is C28H39N3O2. The standard InChI is InChI=1S/C28H39N3O2/c1-28(2,3)33-27(32)31(23-15-8-5-9-16-23)26-24(17-12-19-29-26)25-18-10-11-20-30(25)21-22-13-6-4-7-14-22/h4,6-7,12-14,17,19,23,25H,5,8-11,15-16,18,20-21H2,1-3H3/t25-/m1/s1. The predicted octanol–water partition coefficient (Wildman–Crippen LogP) is 6.88. The molecule has 0 radical (unpaired) electrons. The number of benzene rings is 1. The van der Waals surface area contributed by atoms with Crippen molar-refractivity contribution in [1.29, 1.82) is 0 Å². The van der Waals surface area contributed by atoms with Gasteiger partial charge in [-0.15, -0.1) is 0 Å². The van der Waals surface area contributed by atoms with Crippen molar-refractivity contribution in [2.45, 2.75) is 96.4 Å². The molecular weight excluding hydrogens is 410 g/mol. The number of piperidine rings is 1. The molecule has 4 rings (SSSR count). The lowest BCUT2D eigenvalue weighted by Crippen LogP contribution is -2.46. The summed E-state index contributed by atoms with van der Waals surface area (Å²) in [6, 6.07) is 15.3. The first-order valence-corrected chi connectivity index (χ1v) is 12.7. The summed E-state index contributed by atoms with van der Waals surface area (Å²) < 4.78 is 5.91. The summed E-state index contributed by atoms with van der Waals surface area (Å²) in [5, 5.41) is 0. The fourth-order valence-electron chi connectivity index (χ4n) is 5.28. The number of hydrogen-bond acceptors (Lipinski definition) is 4. The van der Waals surface area contributed by atoms with Crippen LogP contribution in [0.25, 0.3) is 0 Å². The minimum atomic E-state index is -0.539. The number of carbonyl (C=O) groups is 1. The molecule has 1 aromatic heterocycles. The van der Waals surface area contributed by atoms with Crippen molar-refractivity contribution in [1.82, 2.24) is 9.88 Å². The second kappa shape index (κ2) is 10.7. The molecule has 1 atom stereocenters. The highest BCUT2D eigenvalue weighted by molar-refractivity contribution is 5.88. The van der Waals surface area contributed by atoms with Crippen LogP contribution in [-0.2, 0) is 11.3 Å². The van der Waals surface area contributed by atoms with Crippen LogP contribution >= 0.6 is 0 Å². The lowest BCUT2D eigenvalue weighted by molar-refractivity contribution is 0.0555. The third-order valence-corrected chi connectivity index (χ3v) is 6.78. The zero-order valence-electron chi connectivity index (χ0n) is 20.5. The molecule has 0 unspecified atom stereocenters. The average Bonchev–Trinajstić information content (AvgIpc) is 2.80. The number of hydrogen-bond donors (Lipinski definition) is 0. The van der Waals surface area contributed by atoms with Gasteiger partial charge in [0.05, 0.1) is 0 Å². The summed E-state index contributed by atoms with van der Waals surface area (Å²) in [7, 11) is 0. The normalized spacial score (nSPS) is 20.4. The maximum atomic E-state index is 13.5. The lowest BCUT2D eigenvalue weighted by Gasteiger charge is -2.40. The fourth-order valence-corrected chi connectivity index (χ4v) is 5.28. The summed E-state index contributed by atoms with van der Waals surface area (Å²) in [5.74, 6) is 0.795. The molecule has 5 heteroatoms. The minimum Gasteiger partial charge on any atom is -0.443 e. The number of anilines is 1. The molecule has 0 N–H and O–H groups in total. The second-order valence-electron chi connectivity index (χ2n) is 10.5. The van der Waals surface area contributed by atoms with Gasteiger partial charge in [-0.05, 0) is 64.6 Å². The van der Waals surface area contributed by atoms with E-state index in [-0.39, 0.29) is 18.2 Å². The number of amides is 1. The average molecular weight is 450 g/mol. The van der Waals surface area contributed by atoms with Crippen molar-refractivity contribution < 1.29 is 9.53 Å². The zero-order chi connectivity index (χ0) is 23.3. The lowest BCUT2D eigenvalue weighted by atomic mass is 9.92. The van der Waals surface area contributed by atoms with Crippen molar-refractivity contribution >= 4 is 11.9 Å². The fraction of sp³-hybridized carbons (Fsp3) is 0.571. The van der Waals surface area contributed by atoms with E-state index < -0.39 is 5.60 Å². The van der Waals surface area contributed by atoms with Gasteiger partial charge >= 0.3 is 6.09 Å². The quantitative estimate of drug-likeness (QED) is 0.499. The number of ether oxygens (including phenoxy) is 1. The van der Waals surface area contributed by atoms with Crippen LogP contribution in [0.3, 0.4) is 0 Å². The van der Waals surface area contributed by atoms with Crippen LogP contribution in [0.5, 0.6) is 0 Å². The molecule has 2 aromatic rings. The Morgan fingerprint density at radius 3 is 2.45 bits per heavy atom. The molecule has 1 amide bonds. The molecule has 178 valence electrons. The molecule has 5 nitrogen and oxygen atoms in total. The van der Waals surface area contributed by atoms with E-state index >= 15 is 0 Å². The van der Waals surface area contributed by atoms with Crippen molar-refractivity contribution in [3.8, 4) is 0 Å². The number of pyridine rings is 1. The molecule has 1 aliphatic carbocycles. The van der Waals surface area contributed by atoms with Crippen LogP contribution in [0.2, 0.25) is 0 Å². The van der Waals surface area contributed by atoms with E-state index in [1.54, 1.807) is 0 Å². The van der Waals surface area contributed by atoms with Crippen molar-refractivity contribution in [3.63, 3.8) is 0 Å². The summed E-state index contributed by atoms with van der Waals surface area (Å²) in [5.41, 5.74) is 1.94. The minimum absolute atomic E-state index is 0.147. The van der Waals surface area contributed by atoms with Crippen molar-refractivity contribution in [2.75, 3.05) is 11.4 Å².